The molecular weight excluding hydrogens is 344 g/mol. The maximum absolute atomic E-state index is 12.5. The van der Waals surface area contributed by atoms with Crippen LogP contribution >= 0.6 is 0 Å². The van der Waals surface area contributed by atoms with E-state index < -0.39 is 16.9 Å². The largest absolute Gasteiger partial charge is 0.486 e. The van der Waals surface area contributed by atoms with E-state index in [0.717, 1.165) is 0 Å². The third-order valence-electron chi connectivity index (χ3n) is 3.92. The van der Waals surface area contributed by atoms with E-state index in [1.807, 2.05) is 0 Å². The summed E-state index contributed by atoms with van der Waals surface area (Å²) < 4.78 is 21.9. The third-order valence-corrected chi connectivity index (χ3v) is 3.92. The fraction of sp³-hybridized carbons (Fsp3) is 0.235. The van der Waals surface area contributed by atoms with Crippen LogP contribution in [0.1, 0.15) is 0 Å². The van der Waals surface area contributed by atoms with Gasteiger partial charge in [0.15, 0.2) is 23.0 Å². The first-order valence-corrected chi connectivity index (χ1v) is 7.89. The molecule has 0 unspecified atom stereocenters. The number of ether oxygens (including phenoxy) is 4. The van der Waals surface area contributed by atoms with Crippen LogP contribution < -0.4 is 24.3 Å². The van der Waals surface area contributed by atoms with Crippen LogP contribution in [0.25, 0.3) is 0 Å². The second-order valence-electron chi connectivity index (χ2n) is 5.62. The zero-order valence-electron chi connectivity index (χ0n) is 13.5. The molecule has 2 aromatic carbocycles. The summed E-state index contributed by atoms with van der Waals surface area (Å²) in [6, 6.07) is 9.57. The highest BCUT2D eigenvalue weighted by molar-refractivity contribution is 5.97. The van der Waals surface area contributed by atoms with Crippen molar-refractivity contribution in [2.24, 2.45) is 0 Å². The number of anilines is 1. The second-order valence-corrected chi connectivity index (χ2v) is 5.62. The Labute approximate surface area is 147 Å². The number of nitro benzene ring substituents is 1. The lowest BCUT2D eigenvalue weighted by molar-refractivity contribution is -0.384. The van der Waals surface area contributed by atoms with Crippen molar-refractivity contribution < 1.29 is 28.7 Å². The van der Waals surface area contributed by atoms with Gasteiger partial charge < -0.3 is 24.3 Å². The molecule has 134 valence electrons. The Balaban J connectivity index is 1.57. The lowest BCUT2D eigenvalue weighted by Gasteiger charge is -2.25. The smallest absolute Gasteiger partial charge is 0.296 e. The quantitative estimate of drug-likeness (QED) is 0.661. The minimum Gasteiger partial charge on any atom is -0.486 e. The molecule has 0 bridgehead atoms. The van der Waals surface area contributed by atoms with Gasteiger partial charge in [-0.2, -0.15) is 0 Å². The number of hydrogen-bond acceptors (Lipinski definition) is 7. The lowest BCUT2D eigenvalue weighted by atomic mass is 10.2. The predicted octanol–water partition coefficient (Wildman–Crippen LogP) is 2.14. The third kappa shape index (κ3) is 2.94. The molecule has 2 aliphatic rings. The Morgan fingerprint density at radius 3 is 2.46 bits per heavy atom. The maximum Gasteiger partial charge on any atom is 0.296 e. The van der Waals surface area contributed by atoms with E-state index in [0.29, 0.717) is 30.5 Å². The van der Waals surface area contributed by atoms with E-state index in [1.165, 1.54) is 12.1 Å². The van der Waals surface area contributed by atoms with Crippen molar-refractivity contribution in [3.8, 4) is 23.0 Å². The Kier molecular flexibility index (Phi) is 3.96. The number of fused-ring (bicyclic) bond motifs is 2. The summed E-state index contributed by atoms with van der Waals surface area (Å²) in [7, 11) is 0. The van der Waals surface area contributed by atoms with E-state index in [9.17, 15) is 14.9 Å². The van der Waals surface area contributed by atoms with Crippen LogP contribution in [0.2, 0.25) is 0 Å². The summed E-state index contributed by atoms with van der Waals surface area (Å²) in [4.78, 5) is 23.2. The van der Waals surface area contributed by atoms with Gasteiger partial charge in [0.1, 0.15) is 25.5 Å². The minimum absolute atomic E-state index is 0.00119. The highest BCUT2D eigenvalue weighted by Gasteiger charge is 2.30. The maximum atomic E-state index is 12.5. The van der Waals surface area contributed by atoms with Crippen molar-refractivity contribution in [2.75, 3.05) is 25.1 Å². The first-order chi connectivity index (χ1) is 12.6. The van der Waals surface area contributed by atoms with Crippen molar-refractivity contribution in [1.29, 1.82) is 0 Å². The molecule has 2 aromatic rings. The monoisotopic (exact) mass is 358 g/mol. The normalized spacial score (nSPS) is 17.3. The molecule has 1 atom stereocenters. The van der Waals surface area contributed by atoms with Gasteiger partial charge >= 0.3 is 0 Å². The van der Waals surface area contributed by atoms with Crippen LogP contribution in [0.15, 0.2) is 36.4 Å². The SMILES string of the molecule is O=C(Nc1cc2c(cc1[N+](=O)[O-])OCCO2)[C@@H]1COc2ccccc2O1. The van der Waals surface area contributed by atoms with Crippen LogP contribution in [0.4, 0.5) is 11.4 Å². The standard InChI is InChI=1S/C17H14N2O7/c20-17(16-9-25-12-3-1-2-4-13(12)26-16)18-10-7-14-15(24-6-5-23-14)8-11(10)19(21)22/h1-4,7-8,16H,5-6,9H2,(H,18,20)/t16-/m0/s1. The molecule has 0 spiro atoms. The number of nitrogens with one attached hydrogen (secondary N) is 1. The number of para-hydroxylation sites is 2. The number of amides is 1. The number of benzene rings is 2. The topological polar surface area (TPSA) is 109 Å². The van der Waals surface area contributed by atoms with Gasteiger partial charge in [-0.15, -0.1) is 0 Å². The van der Waals surface area contributed by atoms with Gasteiger partial charge in [-0.25, -0.2) is 0 Å². The second kappa shape index (κ2) is 6.43. The summed E-state index contributed by atoms with van der Waals surface area (Å²) in [5, 5.41) is 13.9. The van der Waals surface area contributed by atoms with Crippen molar-refractivity contribution in [3.05, 3.63) is 46.5 Å². The molecule has 0 radical (unpaired) electrons. The molecule has 9 nitrogen and oxygen atoms in total. The van der Waals surface area contributed by atoms with Crippen LogP contribution in [0.3, 0.4) is 0 Å². The van der Waals surface area contributed by atoms with Crippen LogP contribution in [0, 0.1) is 10.1 Å². The van der Waals surface area contributed by atoms with E-state index >= 15 is 0 Å². The molecular formula is C17H14N2O7. The molecule has 0 aliphatic carbocycles. The fourth-order valence-electron chi connectivity index (χ4n) is 2.69. The molecule has 0 saturated carbocycles. The zero-order chi connectivity index (χ0) is 18.1. The van der Waals surface area contributed by atoms with E-state index in [1.54, 1.807) is 24.3 Å². The molecule has 0 saturated heterocycles. The first-order valence-electron chi connectivity index (χ1n) is 7.89. The van der Waals surface area contributed by atoms with Gasteiger partial charge in [0, 0.05) is 6.07 Å². The van der Waals surface area contributed by atoms with Crippen molar-refractivity contribution in [3.63, 3.8) is 0 Å². The number of hydrogen-bond donors (Lipinski definition) is 1. The summed E-state index contributed by atoms with van der Waals surface area (Å²) in [6.45, 7) is 0.637. The molecule has 4 rings (SSSR count). The average molecular weight is 358 g/mol. The lowest BCUT2D eigenvalue weighted by Crippen LogP contribution is -2.40. The molecule has 1 amide bonds. The number of nitro groups is 1. The number of carbonyl (C=O) groups is 1. The fourth-order valence-corrected chi connectivity index (χ4v) is 2.69. The van der Waals surface area contributed by atoms with Gasteiger partial charge in [-0.05, 0) is 12.1 Å². The number of carbonyl (C=O) groups excluding carboxylic acids is 1. The van der Waals surface area contributed by atoms with Crippen LogP contribution in [0.5, 0.6) is 23.0 Å². The van der Waals surface area contributed by atoms with Gasteiger partial charge in [0.25, 0.3) is 11.6 Å². The summed E-state index contributed by atoms with van der Waals surface area (Å²) in [6.07, 6.45) is -0.933. The Morgan fingerprint density at radius 1 is 1.04 bits per heavy atom. The summed E-state index contributed by atoms with van der Waals surface area (Å²) in [5.41, 5.74) is -0.286. The van der Waals surface area contributed by atoms with Crippen molar-refractivity contribution >= 4 is 17.3 Å². The number of rotatable bonds is 3. The van der Waals surface area contributed by atoms with E-state index in [4.69, 9.17) is 18.9 Å². The Morgan fingerprint density at radius 2 is 1.73 bits per heavy atom. The molecule has 2 aliphatic heterocycles. The predicted molar refractivity (Wildman–Crippen MR) is 89.1 cm³/mol. The Bertz CT molecular complexity index is 883. The highest BCUT2D eigenvalue weighted by atomic mass is 16.6. The molecule has 1 N–H and O–H groups in total. The molecule has 0 fully saturated rings. The van der Waals surface area contributed by atoms with Crippen molar-refractivity contribution in [2.45, 2.75) is 6.10 Å². The zero-order valence-corrected chi connectivity index (χ0v) is 13.5. The molecule has 26 heavy (non-hydrogen) atoms. The van der Waals surface area contributed by atoms with Gasteiger partial charge in [-0.1, -0.05) is 12.1 Å². The minimum atomic E-state index is -0.933. The van der Waals surface area contributed by atoms with Gasteiger partial charge in [-0.3, -0.25) is 14.9 Å². The van der Waals surface area contributed by atoms with Gasteiger partial charge in [0.2, 0.25) is 6.10 Å². The molecule has 9 heteroatoms. The summed E-state index contributed by atoms with van der Waals surface area (Å²) >= 11 is 0. The molecule has 0 aromatic heterocycles. The van der Waals surface area contributed by atoms with Crippen molar-refractivity contribution in [1.82, 2.24) is 0 Å². The summed E-state index contributed by atoms with van der Waals surface area (Å²) in [5.74, 6) is 1.03. The van der Waals surface area contributed by atoms with Crippen LogP contribution in [-0.4, -0.2) is 36.8 Å². The van der Waals surface area contributed by atoms with Crippen LogP contribution in [-0.2, 0) is 4.79 Å². The van der Waals surface area contributed by atoms with E-state index in [-0.39, 0.29) is 23.7 Å². The van der Waals surface area contributed by atoms with E-state index in [2.05, 4.69) is 5.32 Å². The number of nitrogens with zero attached hydrogens (tertiary/aromatic N) is 1. The average Bonchev–Trinajstić information content (AvgIpc) is 2.66. The Hall–Kier alpha value is -3.49. The van der Waals surface area contributed by atoms with Gasteiger partial charge in [0.05, 0.1) is 11.0 Å². The highest BCUT2D eigenvalue weighted by Crippen LogP contribution is 2.39. The molecule has 2 heterocycles. The first kappa shape index (κ1) is 16.0.